The molecule has 2 aromatic rings. The van der Waals surface area contributed by atoms with Crippen molar-refractivity contribution in [3.05, 3.63) is 74.8 Å². The van der Waals surface area contributed by atoms with Crippen molar-refractivity contribution in [2.75, 3.05) is 0 Å². The Balaban J connectivity index is 1.87. The van der Waals surface area contributed by atoms with Crippen molar-refractivity contribution < 1.29 is 14.6 Å². The molecule has 9 heteroatoms. The average molecular weight is 393 g/mol. The van der Waals surface area contributed by atoms with Gasteiger partial charge in [-0.2, -0.15) is 10.5 Å². The van der Waals surface area contributed by atoms with Gasteiger partial charge in [0.2, 0.25) is 0 Å². The number of nitriles is 2. The van der Waals surface area contributed by atoms with Crippen LogP contribution in [0.3, 0.4) is 0 Å². The van der Waals surface area contributed by atoms with E-state index < -0.39 is 27.6 Å². The molecule has 0 radical (unpaired) electrons. The minimum Gasteiger partial charge on any atom is -0.317 e. The Kier molecular flexibility index (Phi) is 3.71. The molecule has 136 valence electrons. The molecule has 1 aliphatic carbocycles. The van der Waals surface area contributed by atoms with Gasteiger partial charge in [0, 0.05) is 28.6 Å². The Bertz CT molecular complexity index is 1110. The highest BCUT2D eigenvalue weighted by Gasteiger charge is 2.88. The van der Waals surface area contributed by atoms with Gasteiger partial charge in [0.05, 0.1) is 17.1 Å². The van der Waals surface area contributed by atoms with Gasteiger partial charge < -0.3 is 4.84 Å². The molecule has 28 heavy (non-hydrogen) atoms. The van der Waals surface area contributed by atoms with Gasteiger partial charge in [-0.3, -0.25) is 10.1 Å². The predicted octanol–water partition coefficient (Wildman–Crippen LogP) is 3.33. The van der Waals surface area contributed by atoms with Gasteiger partial charge in [0.15, 0.2) is 10.8 Å². The highest BCUT2D eigenvalue weighted by molar-refractivity contribution is 6.31. The molecule has 1 spiro atoms. The van der Waals surface area contributed by atoms with Crippen LogP contribution in [0.5, 0.6) is 0 Å². The number of hydrogen-bond acceptors (Lipinski definition) is 7. The zero-order chi connectivity index (χ0) is 20.1. The van der Waals surface area contributed by atoms with Crippen LogP contribution in [-0.4, -0.2) is 16.6 Å². The Morgan fingerprint density at radius 3 is 2.25 bits per heavy atom. The number of rotatable bonds is 3. The van der Waals surface area contributed by atoms with Crippen LogP contribution in [0.15, 0.2) is 53.7 Å². The van der Waals surface area contributed by atoms with E-state index in [1.807, 2.05) is 12.1 Å². The fraction of sp³-hybridized carbons (Fsp3) is 0.158. The maximum atomic E-state index is 12.7. The van der Waals surface area contributed by atoms with Gasteiger partial charge in [-0.15, -0.1) is 0 Å². The number of nitro groups is 1. The zero-order valence-electron chi connectivity index (χ0n) is 14.0. The Morgan fingerprint density at radius 2 is 1.71 bits per heavy atom. The summed E-state index contributed by atoms with van der Waals surface area (Å²) in [5, 5.41) is 34.9. The lowest BCUT2D eigenvalue weighted by molar-refractivity contribution is -0.384. The van der Waals surface area contributed by atoms with Crippen LogP contribution in [0.1, 0.15) is 17.0 Å². The molecular formula is C19H9ClN4O4. The quantitative estimate of drug-likeness (QED) is 0.447. The van der Waals surface area contributed by atoms with Crippen LogP contribution in [0.25, 0.3) is 0 Å². The lowest BCUT2D eigenvalue weighted by Crippen LogP contribution is -2.28. The average Bonchev–Trinajstić information content (AvgIpc) is 3.19. The minimum absolute atomic E-state index is 0.140. The summed E-state index contributed by atoms with van der Waals surface area (Å²) < 4.78 is 0. The van der Waals surface area contributed by atoms with E-state index in [-0.39, 0.29) is 11.4 Å². The van der Waals surface area contributed by atoms with E-state index in [1.165, 1.54) is 24.3 Å². The fourth-order valence-electron chi connectivity index (χ4n) is 3.91. The molecule has 0 bridgehead atoms. The fourth-order valence-corrected chi connectivity index (χ4v) is 4.04. The number of hydrogen-bond donors (Lipinski definition) is 0. The maximum Gasteiger partial charge on any atom is 0.350 e. The predicted molar refractivity (Wildman–Crippen MR) is 96.0 cm³/mol. The standard InChI is InChI=1S/C19H9ClN4O4/c20-13-5-1-12(2-6-13)16-19(17(25)28-23-16)15(18(19,9-21)10-22)11-3-7-14(8-4-11)24(26)27/h1-8,15H. The number of benzene rings is 2. The third-order valence-corrected chi connectivity index (χ3v) is 5.48. The van der Waals surface area contributed by atoms with Gasteiger partial charge in [0.25, 0.3) is 5.69 Å². The molecule has 1 fully saturated rings. The van der Waals surface area contributed by atoms with Crippen molar-refractivity contribution in [1.29, 1.82) is 10.5 Å². The third-order valence-electron chi connectivity index (χ3n) is 5.23. The number of oxime groups is 1. The van der Waals surface area contributed by atoms with Gasteiger partial charge in [-0.05, 0) is 17.7 Å². The number of nitrogens with zero attached hydrogens (tertiary/aromatic N) is 4. The molecule has 1 saturated carbocycles. The lowest BCUT2D eigenvalue weighted by atomic mass is 9.86. The van der Waals surface area contributed by atoms with Gasteiger partial charge >= 0.3 is 5.97 Å². The van der Waals surface area contributed by atoms with E-state index in [4.69, 9.17) is 16.4 Å². The topological polar surface area (TPSA) is 129 Å². The smallest absolute Gasteiger partial charge is 0.317 e. The highest BCUT2D eigenvalue weighted by Crippen LogP contribution is 2.76. The number of non-ortho nitro benzene ring substituents is 1. The number of nitro benzene ring substituents is 1. The summed E-state index contributed by atoms with van der Waals surface area (Å²) in [6, 6.07) is 15.8. The summed E-state index contributed by atoms with van der Waals surface area (Å²) in [4.78, 5) is 28.0. The second-order valence-corrected chi connectivity index (χ2v) is 6.88. The van der Waals surface area contributed by atoms with Gasteiger partial charge in [-0.1, -0.05) is 41.0 Å². The Morgan fingerprint density at radius 1 is 1.11 bits per heavy atom. The summed E-state index contributed by atoms with van der Waals surface area (Å²) in [6.07, 6.45) is 0. The molecule has 0 aromatic heterocycles. The molecule has 2 aromatic carbocycles. The summed E-state index contributed by atoms with van der Waals surface area (Å²) in [7, 11) is 0. The molecule has 4 rings (SSSR count). The summed E-state index contributed by atoms with van der Waals surface area (Å²) in [5.74, 6) is -1.68. The molecule has 2 atom stereocenters. The molecule has 0 amide bonds. The zero-order valence-corrected chi connectivity index (χ0v) is 14.8. The first-order valence-corrected chi connectivity index (χ1v) is 8.43. The SMILES string of the molecule is N#CC1(C#N)C(c2ccc([N+](=O)[O-])cc2)C12C(=O)ON=C2c1ccc(Cl)cc1. The van der Waals surface area contributed by atoms with E-state index in [0.717, 1.165) is 0 Å². The number of carbonyl (C=O) groups is 1. The van der Waals surface area contributed by atoms with Crippen molar-refractivity contribution >= 4 is 29.0 Å². The summed E-state index contributed by atoms with van der Waals surface area (Å²) in [6.45, 7) is 0. The molecule has 2 aliphatic rings. The van der Waals surface area contributed by atoms with Crippen molar-refractivity contribution in [2.45, 2.75) is 5.92 Å². The van der Waals surface area contributed by atoms with Crippen molar-refractivity contribution in [3.63, 3.8) is 0 Å². The second-order valence-electron chi connectivity index (χ2n) is 6.45. The van der Waals surface area contributed by atoms with Crippen LogP contribution < -0.4 is 0 Å². The van der Waals surface area contributed by atoms with Crippen molar-refractivity contribution in [2.24, 2.45) is 16.0 Å². The lowest BCUT2D eigenvalue weighted by Gasteiger charge is -2.09. The molecule has 1 heterocycles. The van der Waals surface area contributed by atoms with Gasteiger partial charge in [0.1, 0.15) is 5.71 Å². The monoisotopic (exact) mass is 392 g/mol. The van der Waals surface area contributed by atoms with Crippen LogP contribution in [0.4, 0.5) is 5.69 Å². The second kappa shape index (κ2) is 5.88. The van der Waals surface area contributed by atoms with E-state index in [0.29, 0.717) is 16.1 Å². The number of carbonyl (C=O) groups excluding carboxylic acids is 1. The summed E-state index contributed by atoms with van der Waals surface area (Å²) >= 11 is 5.91. The normalized spacial score (nSPS) is 24.0. The Hall–Kier alpha value is -3.75. The first kappa shape index (κ1) is 17.7. The van der Waals surface area contributed by atoms with Crippen molar-refractivity contribution in [3.8, 4) is 12.1 Å². The Labute approximate surface area is 163 Å². The van der Waals surface area contributed by atoms with Crippen LogP contribution in [-0.2, 0) is 9.63 Å². The number of halogens is 1. The molecule has 1 aliphatic heterocycles. The molecule has 0 saturated heterocycles. The molecule has 8 nitrogen and oxygen atoms in total. The summed E-state index contributed by atoms with van der Waals surface area (Å²) in [5.41, 5.74) is -2.39. The molecular weight excluding hydrogens is 384 g/mol. The van der Waals surface area contributed by atoms with Crippen molar-refractivity contribution in [1.82, 2.24) is 0 Å². The third kappa shape index (κ3) is 2.04. The minimum atomic E-state index is -1.74. The largest absolute Gasteiger partial charge is 0.350 e. The molecule has 0 N–H and O–H groups in total. The van der Waals surface area contributed by atoms with E-state index >= 15 is 0 Å². The first-order valence-electron chi connectivity index (χ1n) is 8.05. The molecule has 2 unspecified atom stereocenters. The van der Waals surface area contributed by atoms with E-state index in [1.54, 1.807) is 24.3 Å². The van der Waals surface area contributed by atoms with Crippen LogP contribution in [0.2, 0.25) is 5.02 Å². The van der Waals surface area contributed by atoms with E-state index in [9.17, 15) is 25.4 Å². The van der Waals surface area contributed by atoms with E-state index in [2.05, 4.69) is 5.16 Å². The van der Waals surface area contributed by atoms with Crippen LogP contribution in [0, 0.1) is 43.6 Å². The van der Waals surface area contributed by atoms with Gasteiger partial charge in [-0.25, -0.2) is 4.79 Å². The highest BCUT2D eigenvalue weighted by atomic mass is 35.5. The maximum absolute atomic E-state index is 12.7. The van der Waals surface area contributed by atoms with Crippen LogP contribution >= 0.6 is 11.6 Å². The first-order chi connectivity index (χ1) is 13.4.